The molecule has 1 nitrogen and oxygen atoms in total. The molecule has 0 amide bonds. The fourth-order valence-electron chi connectivity index (χ4n) is 2.05. The van der Waals surface area contributed by atoms with Gasteiger partial charge in [-0.3, -0.25) is 0 Å². The summed E-state index contributed by atoms with van der Waals surface area (Å²) in [4.78, 5) is 0. The minimum Gasteiger partial charge on any atom is -0.392 e. The molecule has 1 aliphatic rings. The molecule has 0 radical (unpaired) electrons. The highest BCUT2D eigenvalue weighted by Gasteiger charge is 2.22. The van der Waals surface area contributed by atoms with Crippen molar-refractivity contribution in [2.45, 2.75) is 42.8 Å². The van der Waals surface area contributed by atoms with Crippen molar-refractivity contribution in [2.24, 2.45) is 0 Å². The number of hydrogen-bond donors (Lipinski definition) is 1. The van der Waals surface area contributed by atoms with Crippen LogP contribution >= 0.6 is 11.8 Å². The van der Waals surface area contributed by atoms with E-state index in [2.05, 4.69) is 24.3 Å². The molecule has 0 heterocycles. The van der Waals surface area contributed by atoms with E-state index in [1.165, 1.54) is 24.8 Å². The van der Waals surface area contributed by atoms with Crippen LogP contribution in [0, 0.1) is 0 Å². The largest absolute Gasteiger partial charge is 0.392 e. The van der Waals surface area contributed by atoms with E-state index in [4.69, 9.17) is 0 Å². The third-order valence-corrected chi connectivity index (χ3v) is 4.45. The molecule has 1 aliphatic carbocycles. The molecule has 1 fully saturated rings. The maximum absolute atomic E-state index is 9.83. The molecule has 1 aromatic rings. The summed E-state index contributed by atoms with van der Waals surface area (Å²) in [5.74, 6) is 1.03. The molecule has 0 saturated heterocycles. The van der Waals surface area contributed by atoms with Crippen LogP contribution in [0.15, 0.2) is 30.3 Å². The second-order valence-electron chi connectivity index (χ2n) is 4.19. The van der Waals surface area contributed by atoms with Crippen molar-refractivity contribution in [2.75, 3.05) is 0 Å². The molecule has 1 unspecified atom stereocenters. The van der Waals surface area contributed by atoms with E-state index in [0.717, 1.165) is 12.2 Å². The van der Waals surface area contributed by atoms with Gasteiger partial charge < -0.3 is 5.11 Å². The lowest BCUT2D eigenvalue weighted by molar-refractivity contribution is 0.137. The Bertz CT molecular complexity index is 286. The highest BCUT2D eigenvalue weighted by atomic mass is 32.2. The Morgan fingerprint density at radius 1 is 1.13 bits per heavy atom. The number of benzene rings is 1. The van der Waals surface area contributed by atoms with Crippen LogP contribution in [-0.2, 0) is 5.75 Å². The van der Waals surface area contributed by atoms with E-state index in [1.54, 1.807) is 0 Å². The van der Waals surface area contributed by atoms with Crippen LogP contribution < -0.4 is 0 Å². The van der Waals surface area contributed by atoms with Gasteiger partial charge in [-0.05, 0) is 18.4 Å². The van der Waals surface area contributed by atoms with E-state index < -0.39 is 0 Å². The van der Waals surface area contributed by atoms with Gasteiger partial charge in [0.05, 0.1) is 6.10 Å². The second-order valence-corrected chi connectivity index (χ2v) is 5.41. The van der Waals surface area contributed by atoms with E-state index in [-0.39, 0.29) is 6.10 Å². The standard InChI is InChI=1S/C13H18OS/c14-12-8-4-5-9-13(12)15-10-11-6-2-1-3-7-11/h1-3,6-7,12-14H,4-5,8-10H2/t12-,13?/m1/s1. The van der Waals surface area contributed by atoms with Crippen molar-refractivity contribution in [1.29, 1.82) is 0 Å². The number of hydrogen-bond acceptors (Lipinski definition) is 2. The van der Waals surface area contributed by atoms with E-state index >= 15 is 0 Å². The molecule has 2 atom stereocenters. The summed E-state index contributed by atoms with van der Waals surface area (Å²) < 4.78 is 0. The SMILES string of the molecule is O[C@@H]1CCCCC1SCc1ccccc1. The quantitative estimate of drug-likeness (QED) is 0.847. The highest BCUT2D eigenvalue weighted by Crippen LogP contribution is 2.30. The van der Waals surface area contributed by atoms with Crippen LogP contribution in [0.2, 0.25) is 0 Å². The first-order chi connectivity index (χ1) is 7.36. The van der Waals surface area contributed by atoms with E-state index in [1.807, 2.05) is 17.8 Å². The highest BCUT2D eigenvalue weighted by molar-refractivity contribution is 7.99. The minimum atomic E-state index is -0.0764. The second kappa shape index (κ2) is 5.57. The first-order valence-corrected chi connectivity index (χ1v) is 6.75. The fraction of sp³-hybridized carbons (Fsp3) is 0.538. The van der Waals surface area contributed by atoms with E-state index in [0.29, 0.717) is 5.25 Å². The number of thioether (sulfide) groups is 1. The Morgan fingerprint density at radius 3 is 2.60 bits per heavy atom. The summed E-state index contributed by atoms with van der Waals surface area (Å²) in [6.45, 7) is 0. The maximum Gasteiger partial charge on any atom is 0.0658 e. The van der Waals surface area contributed by atoms with Crippen LogP contribution in [-0.4, -0.2) is 16.5 Å². The van der Waals surface area contributed by atoms with Crippen molar-refractivity contribution in [3.8, 4) is 0 Å². The topological polar surface area (TPSA) is 20.2 Å². The van der Waals surface area contributed by atoms with Crippen molar-refractivity contribution in [3.05, 3.63) is 35.9 Å². The molecule has 15 heavy (non-hydrogen) atoms. The summed E-state index contributed by atoms with van der Waals surface area (Å²) in [5.41, 5.74) is 1.36. The number of aliphatic hydroxyl groups excluding tert-OH is 1. The average Bonchev–Trinajstić information content (AvgIpc) is 2.29. The zero-order valence-electron chi connectivity index (χ0n) is 8.93. The van der Waals surface area contributed by atoms with Gasteiger partial charge in [0, 0.05) is 11.0 Å². The predicted octanol–water partition coefficient (Wildman–Crippen LogP) is 3.22. The molecule has 82 valence electrons. The van der Waals surface area contributed by atoms with Gasteiger partial charge in [-0.1, -0.05) is 43.2 Å². The fourth-order valence-corrected chi connectivity index (χ4v) is 3.34. The van der Waals surface area contributed by atoms with Crippen molar-refractivity contribution in [3.63, 3.8) is 0 Å². The zero-order valence-corrected chi connectivity index (χ0v) is 9.75. The van der Waals surface area contributed by atoms with Crippen molar-refractivity contribution >= 4 is 11.8 Å². The summed E-state index contributed by atoms with van der Waals surface area (Å²) in [6, 6.07) is 10.5. The number of aliphatic hydroxyl groups is 1. The van der Waals surface area contributed by atoms with Gasteiger partial charge in [-0.25, -0.2) is 0 Å². The lowest BCUT2D eigenvalue weighted by atomic mass is 9.97. The van der Waals surface area contributed by atoms with Gasteiger partial charge in [-0.2, -0.15) is 11.8 Å². The average molecular weight is 222 g/mol. The molecule has 0 spiro atoms. The van der Waals surface area contributed by atoms with Gasteiger partial charge in [0.15, 0.2) is 0 Å². The Hall–Kier alpha value is -0.470. The smallest absolute Gasteiger partial charge is 0.0658 e. The molecular formula is C13H18OS. The summed E-state index contributed by atoms with van der Waals surface area (Å²) in [5, 5.41) is 10.3. The van der Waals surface area contributed by atoms with Crippen molar-refractivity contribution in [1.82, 2.24) is 0 Å². The molecule has 2 rings (SSSR count). The molecule has 0 aliphatic heterocycles. The van der Waals surface area contributed by atoms with Gasteiger partial charge >= 0.3 is 0 Å². The molecule has 1 N–H and O–H groups in total. The zero-order chi connectivity index (χ0) is 10.5. The lowest BCUT2D eigenvalue weighted by Crippen LogP contribution is -2.26. The van der Waals surface area contributed by atoms with Gasteiger partial charge in [-0.15, -0.1) is 0 Å². The number of rotatable bonds is 3. The Labute approximate surface area is 95.9 Å². The van der Waals surface area contributed by atoms with Crippen LogP contribution in [0.3, 0.4) is 0 Å². The summed E-state index contributed by atoms with van der Waals surface area (Å²) in [7, 11) is 0. The third kappa shape index (κ3) is 3.25. The van der Waals surface area contributed by atoms with Gasteiger partial charge in [0.1, 0.15) is 0 Å². The molecule has 1 aromatic carbocycles. The molecular weight excluding hydrogens is 204 g/mol. The van der Waals surface area contributed by atoms with Crippen LogP contribution in [0.1, 0.15) is 31.2 Å². The van der Waals surface area contributed by atoms with Crippen LogP contribution in [0.25, 0.3) is 0 Å². The maximum atomic E-state index is 9.83. The van der Waals surface area contributed by atoms with Gasteiger partial charge in [0.2, 0.25) is 0 Å². The summed E-state index contributed by atoms with van der Waals surface area (Å²) >= 11 is 1.91. The molecule has 0 bridgehead atoms. The molecule has 1 saturated carbocycles. The van der Waals surface area contributed by atoms with Crippen molar-refractivity contribution < 1.29 is 5.11 Å². The Kier molecular flexibility index (Phi) is 4.09. The lowest BCUT2D eigenvalue weighted by Gasteiger charge is -2.26. The van der Waals surface area contributed by atoms with E-state index in [9.17, 15) is 5.11 Å². The van der Waals surface area contributed by atoms with Crippen LogP contribution in [0.4, 0.5) is 0 Å². The first-order valence-electron chi connectivity index (χ1n) is 5.70. The molecule has 2 heteroatoms. The Morgan fingerprint density at radius 2 is 1.87 bits per heavy atom. The van der Waals surface area contributed by atoms with Gasteiger partial charge in [0.25, 0.3) is 0 Å². The molecule has 0 aromatic heterocycles. The van der Waals surface area contributed by atoms with Crippen LogP contribution in [0.5, 0.6) is 0 Å². The monoisotopic (exact) mass is 222 g/mol. The first kappa shape index (κ1) is 11.0. The summed E-state index contributed by atoms with van der Waals surface area (Å²) in [6.07, 6.45) is 4.57. The minimum absolute atomic E-state index is 0.0764. The normalized spacial score (nSPS) is 26.5. The Balaban J connectivity index is 1.82. The predicted molar refractivity (Wildman–Crippen MR) is 66.0 cm³/mol. The third-order valence-electron chi connectivity index (χ3n) is 2.97.